The predicted molar refractivity (Wildman–Crippen MR) is 72.3 cm³/mol. The maximum absolute atomic E-state index is 9.85. The zero-order chi connectivity index (χ0) is 13.4. The van der Waals surface area contributed by atoms with Crippen molar-refractivity contribution in [1.29, 1.82) is 0 Å². The van der Waals surface area contributed by atoms with E-state index in [0.29, 0.717) is 18.8 Å². The molecular weight excluding hydrogens is 228 g/mol. The topological polar surface area (TPSA) is 68.4 Å². The van der Waals surface area contributed by atoms with E-state index in [4.69, 9.17) is 10.5 Å². The first-order valence-electron chi connectivity index (χ1n) is 6.64. The van der Waals surface area contributed by atoms with Crippen molar-refractivity contribution in [3.63, 3.8) is 0 Å². The number of rotatable bonds is 8. The number of nitrogens with two attached hydrogens (primary N) is 1. The van der Waals surface area contributed by atoms with Crippen LogP contribution in [-0.4, -0.2) is 16.7 Å². The van der Waals surface area contributed by atoms with E-state index in [1.165, 1.54) is 19.3 Å². The van der Waals surface area contributed by atoms with Crippen LogP contribution in [0.4, 0.5) is 0 Å². The van der Waals surface area contributed by atoms with Crippen molar-refractivity contribution in [1.82, 2.24) is 4.98 Å². The zero-order valence-corrected chi connectivity index (χ0v) is 11.4. The maximum Gasteiger partial charge on any atom is 0.141 e. The minimum Gasteiger partial charge on any atom is -0.506 e. The molecule has 1 aromatic heterocycles. The molecule has 4 heteroatoms. The van der Waals surface area contributed by atoms with Crippen molar-refractivity contribution < 1.29 is 9.84 Å². The van der Waals surface area contributed by atoms with E-state index in [1.54, 1.807) is 13.1 Å². The lowest BCUT2D eigenvalue weighted by Crippen LogP contribution is -2.06. The van der Waals surface area contributed by atoms with Gasteiger partial charge in [-0.25, -0.2) is 0 Å². The summed E-state index contributed by atoms with van der Waals surface area (Å²) in [4.78, 5) is 4.13. The number of aromatic nitrogens is 1. The summed E-state index contributed by atoms with van der Waals surface area (Å²) in [6.45, 7) is 5.49. The fraction of sp³-hybridized carbons (Fsp3) is 0.643. The highest BCUT2D eigenvalue weighted by Gasteiger charge is 2.10. The van der Waals surface area contributed by atoms with Gasteiger partial charge < -0.3 is 15.6 Å². The van der Waals surface area contributed by atoms with Gasteiger partial charge in [-0.1, -0.05) is 26.2 Å². The minimum atomic E-state index is 0.199. The van der Waals surface area contributed by atoms with Gasteiger partial charge in [0.1, 0.15) is 5.75 Å². The molecular formula is C14H24N2O2. The Bertz CT molecular complexity index is 367. The third kappa shape index (κ3) is 4.27. The van der Waals surface area contributed by atoms with Crippen molar-refractivity contribution in [2.45, 2.75) is 52.7 Å². The van der Waals surface area contributed by atoms with Gasteiger partial charge in [0.2, 0.25) is 0 Å². The molecule has 1 aromatic rings. The zero-order valence-electron chi connectivity index (χ0n) is 11.4. The molecule has 1 heterocycles. The van der Waals surface area contributed by atoms with Crippen LogP contribution in [-0.2, 0) is 17.9 Å². The molecule has 0 aliphatic heterocycles. The molecule has 1 rings (SSSR count). The van der Waals surface area contributed by atoms with Crippen molar-refractivity contribution in [2.24, 2.45) is 5.73 Å². The van der Waals surface area contributed by atoms with E-state index in [-0.39, 0.29) is 5.75 Å². The van der Waals surface area contributed by atoms with E-state index >= 15 is 0 Å². The second-order valence-electron chi connectivity index (χ2n) is 4.51. The number of hydrogen-bond acceptors (Lipinski definition) is 4. The first-order chi connectivity index (χ1) is 8.70. The lowest BCUT2D eigenvalue weighted by atomic mass is 10.1. The average molecular weight is 252 g/mol. The third-order valence-electron chi connectivity index (χ3n) is 3.03. The molecule has 0 aliphatic rings. The molecule has 0 spiro atoms. The smallest absolute Gasteiger partial charge is 0.141 e. The standard InChI is InChI=1S/C14H24N2O2/c1-3-4-5-6-7-18-10-12-9-16-11(2)14(17)13(12)8-15/h9,17H,3-8,10,15H2,1-2H3. The highest BCUT2D eigenvalue weighted by Crippen LogP contribution is 2.23. The summed E-state index contributed by atoms with van der Waals surface area (Å²) in [6, 6.07) is 0. The van der Waals surface area contributed by atoms with E-state index in [2.05, 4.69) is 11.9 Å². The van der Waals surface area contributed by atoms with Gasteiger partial charge in [-0.3, -0.25) is 4.98 Å². The van der Waals surface area contributed by atoms with Gasteiger partial charge in [0, 0.05) is 30.5 Å². The van der Waals surface area contributed by atoms with Crippen LogP contribution in [0, 0.1) is 6.92 Å². The Morgan fingerprint density at radius 2 is 2.11 bits per heavy atom. The molecule has 0 saturated carbocycles. The summed E-state index contributed by atoms with van der Waals surface area (Å²) in [5.74, 6) is 0.199. The number of nitrogens with zero attached hydrogens (tertiary/aromatic N) is 1. The number of pyridine rings is 1. The summed E-state index contributed by atoms with van der Waals surface area (Å²) in [5.41, 5.74) is 7.89. The molecule has 18 heavy (non-hydrogen) atoms. The van der Waals surface area contributed by atoms with Crippen LogP contribution in [0.2, 0.25) is 0 Å². The SMILES string of the molecule is CCCCCCOCc1cnc(C)c(O)c1CN. The van der Waals surface area contributed by atoms with Crippen molar-refractivity contribution >= 4 is 0 Å². The molecule has 0 aromatic carbocycles. The monoisotopic (exact) mass is 252 g/mol. The van der Waals surface area contributed by atoms with Crippen LogP contribution >= 0.6 is 0 Å². The molecule has 102 valence electrons. The normalized spacial score (nSPS) is 10.8. The first kappa shape index (κ1) is 14.9. The number of ether oxygens (including phenoxy) is 1. The Kier molecular flexibility index (Phi) is 6.68. The third-order valence-corrected chi connectivity index (χ3v) is 3.03. The molecule has 4 nitrogen and oxygen atoms in total. The van der Waals surface area contributed by atoms with Gasteiger partial charge in [-0.05, 0) is 13.3 Å². The van der Waals surface area contributed by atoms with Crippen LogP contribution in [0.1, 0.15) is 49.4 Å². The molecule has 0 atom stereocenters. The summed E-state index contributed by atoms with van der Waals surface area (Å²) >= 11 is 0. The minimum absolute atomic E-state index is 0.199. The van der Waals surface area contributed by atoms with E-state index in [9.17, 15) is 5.11 Å². The molecule has 0 fully saturated rings. The highest BCUT2D eigenvalue weighted by atomic mass is 16.5. The quantitative estimate of drug-likeness (QED) is 0.698. The lowest BCUT2D eigenvalue weighted by Gasteiger charge is -2.11. The Hall–Kier alpha value is -1.13. The van der Waals surface area contributed by atoms with Crippen LogP contribution in [0.3, 0.4) is 0 Å². The predicted octanol–water partition coefficient (Wildman–Crippen LogP) is 2.65. The van der Waals surface area contributed by atoms with Crippen molar-refractivity contribution in [3.8, 4) is 5.75 Å². The van der Waals surface area contributed by atoms with Gasteiger partial charge in [0.25, 0.3) is 0 Å². The number of aromatic hydroxyl groups is 1. The van der Waals surface area contributed by atoms with Crippen LogP contribution in [0.25, 0.3) is 0 Å². The highest BCUT2D eigenvalue weighted by molar-refractivity contribution is 5.40. The fourth-order valence-corrected chi connectivity index (χ4v) is 1.85. The number of hydrogen-bond donors (Lipinski definition) is 2. The molecule has 3 N–H and O–H groups in total. The van der Waals surface area contributed by atoms with Crippen LogP contribution in [0.15, 0.2) is 6.20 Å². The molecule has 0 amide bonds. The Morgan fingerprint density at radius 1 is 1.33 bits per heavy atom. The Labute approximate surface area is 109 Å². The maximum atomic E-state index is 9.85. The van der Waals surface area contributed by atoms with E-state index in [0.717, 1.165) is 24.2 Å². The van der Waals surface area contributed by atoms with Gasteiger partial charge in [-0.2, -0.15) is 0 Å². The molecule has 0 radical (unpaired) electrons. The average Bonchev–Trinajstić information content (AvgIpc) is 2.38. The van der Waals surface area contributed by atoms with E-state index in [1.807, 2.05) is 0 Å². The largest absolute Gasteiger partial charge is 0.506 e. The number of unbranched alkanes of at least 4 members (excludes halogenated alkanes) is 3. The molecule has 0 unspecified atom stereocenters. The molecule has 0 saturated heterocycles. The summed E-state index contributed by atoms with van der Waals surface area (Å²) in [7, 11) is 0. The van der Waals surface area contributed by atoms with Gasteiger partial charge in [0.05, 0.1) is 12.3 Å². The van der Waals surface area contributed by atoms with Crippen LogP contribution in [0.5, 0.6) is 5.75 Å². The fourth-order valence-electron chi connectivity index (χ4n) is 1.85. The second-order valence-corrected chi connectivity index (χ2v) is 4.51. The van der Waals surface area contributed by atoms with Gasteiger partial charge >= 0.3 is 0 Å². The van der Waals surface area contributed by atoms with E-state index < -0.39 is 0 Å². The van der Waals surface area contributed by atoms with Gasteiger partial charge in [-0.15, -0.1) is 0 Å². The Morgan fingerprint density at radius 3 is 2.78 bits per heavy atom. The Balaban J connectivity index is 2.45. The lowest BCUT2D eigenvalue weighted by molar-refractivity contribution is 0.116. The van der Waals surface area contributed by atoms with Crippen LogP contribution < -0.4 is 5.73 Å². The molecule has 0 aliphatic carbocycles. The summed E-state index contributed by atoms with van der Waals surface area (Å²) in [6.07, 6.45) is 6.51. The first-order valence-corrected chi connectivity index (χ1v) is 6.64. The van der Waals surface area contributed by atoms with Crippen molar-refractivity contribution in [3.05, 3.63) is 23.0 Å². The molecule has 0 bridgehead atoms. The van der Waals surface area contributed by atoms with Crippen molar-refractivity contribution in [2.75, 3.05) is 6.61 Å². The van der Waals surface area contributed by atoms with Gasteiger partial charge in [0.15, 0.2) is 0 Å². The second kappa shape index (κ2) is 8.06. The summed E-state index contributed by atoms with van der Waals surface area (Å²) < 4.78 is 5.60. The summed E-state index contributed by atoms with van der Waals surface area (Å²) in [5, 5.41) is 9.85. The number of aryl methyl sites for hydroxylation is 1.